The number of benzene rings is 5. The zero-order chi connectivity index (χ0) is 32.7. The van der Waals surface area contributed by atoms with Crippen LogP contribution in [0.25, 0.3) is 72.3 Å². The Morgan fingerprint density at radius 1 is 0.739 bits per heavy atom. The summed E-state index contributed by atoms with van der Waals surface area (Å²) >= 11 is 0. The van der Waals surface area contributed by atoms with E-state index in [4.69, 9.17) is 13.5 Å². The van der Waals surface area contributed by atoms with Gasteiger partial charge in [0.25, 0.3) is 0 Å². The minimum Gasteiger partial charge on any atom is -0.500 e. The van der Waals surface area contributed by atoms with Gasteiger partial charge in [-0.2, -0.15) is 0 Å². The summed E-state index contributed by atoms with van der Waals surface area (Å²) in [6.45, 7) is -2.09. The van der Waals surface area contributed by atoms with Gasteiger partial charge in [0.05, 0.1) is 11.4 Å². The molecular formula is C38H24IrN6O-2. The van der Waals surface area contributed by atoms with E-state index in [9.17, 15) is 0 Å². The molecule has 4 heterocycles. The van der Waals surface area contributed by atoms with Crippen LogP contribution >= 0.6 is 0 Å². The van der Waals surface area contributed by atoms with Gasteiger partial charge in [0.1, 0.15) is 11.9 Å². The Morgan fingerprint density at radius 2 is 1.59 bits per heavy atom. The molecule has 8 heteroatoms. The standard InChI is InChI=1S/C26H14N5O.C12H10N.Ir/c1-2-8-17(9-3-1)31-25(29-24-26(31)30-28-15-27-24)21-12-6-11-19-20-14-13-16-7-4-5-10-18(16)22(20)32-23(19)21;1-10-7-8-12(13-9-10)11-5-3-2-4-6-11;/h1-11,13-15H;2-5,7-9H,1H3;/q2*-1;/i;1D3;. The fourth-order valence-corrected chi connectivity index (χ4v) is 5.47. The van der Waals surface area contributed by atoms with Gasteiger partial charge in [-0.1, -0.05) is 77.7 Å². The summed E-state index contributed by atoms with van der Waals surface area (Å²) in [5, 5.41) is 12.6. The second kappa shape index (κ2) is 12.4. The topological polar surface area (TPSA) is 82.5 Å². The first kappa shape index (κ1) is 25.7. The number of imidazole rings is 1. The Kier molecular flexibility index (Phi) is 6.96. The Labute approximate surface area is 282 Å². The molecule has 223 valence electrons. The average molecular weight is 776 g/mol. The monoisotopic (exact) mass is 776 g/mol. The van der Waals surface area contributed by atoms with Crippen molar-refractivity contribution in [2.45, 2.75) is 6.85 Å². The second-order valence-electron chi connectivity index (χ2n) is 10.3. The Hall–Kier alpha value is -5.56. The van der Waals surface area contributed by atoms with Crippen LogP contribution in [-0.2, 0) is 20.1 Å². The van der Waals surface area contributed by atoms with Crippen LogP contribution < -0.4 is 0 Å². The third-order valence-electron chi connectivity index (χ3n) is 7.53. The molecule has 1 radical (unpaired) electrons. The van der Waals surface area contributed by atoms with Crippen LogP contribution in [0, 0.1) is 19.0 Å². The van der Waals surface area contributed by atoms with Crippen molar-refractivity contribution in [2.24, 2.45) is 0 Å². The number of hydrogen-bond acceptors (Lipinski definition) is 6. The van der Waals surface area contributed by atoms with Gasteiger partial charge < -0.3 is 14.0 Å². The van der Waals surface area contributed by atoms with Crippen molar-refractivity contribution >= 4 is 44.0 Å². The summed E-state index contributed by atoms with van der Waals surface area (Å²) in [6.07, 6.45) is 2.80. The Morgan fingerprint density at radius 3 is 2.41 bits per heavy atom. The number of fused-ring (bicyclic) bond motifs is 6. The Bertz CT molecular complexity index is 2550. The number of nitrogens with zero attached hydrogens (tertiary/aromatic N) is 6. The third-order valence-corrected chi connectivity index (χ3v) is 7.53. The molecule has 0 aliphatic carbocycles. The summed E-state index contributed by atoms with van der Waals surface area (Å²) in [4.78, 5) is 13.3. The van der Waals surface area contributed by atoms with Crippen LogP contribution in [0.15, 0.2) is 132 Å². The van der Waals surface area contributed by atoms with Gasteiger partial charge in [0, 0.05) is 46.9 Å². The van der Waals surface area contributed by atoms with E-state index < -0.39 is 6.85 Å². The van der Waals surface area contributed by atoms with Crippen LogP contribution in [0.3, 0.4) is 0 Å². The number of aryl methyl sites for hydroxylation is 1. The number of rotatable bonds is 3. The molecule has 0 bridgehead atoms. The maximum absolute atomic E-state index is 7.23. The summed E-state index contributed by atoms with van der Waals surface area (Å²) in [5.41, 5.74) is 6.22. The quantitative estimate of drug-likeness (QED) is 0.167. The molecule has 0 unspecified atom stereocenters. The molecular weight excluding hydrogens is 749 g/mol. The van der Waals surface area contributed by atoms with Crippen LogP contribution in [0.2, 0.25) is 0 Å². The van der Waals surface area contributed by atoms with Crippen LogP contribution in [0.5, 0.6) is 0 Å². The van der Waals surface area contributed by atoms with E-state index >= 15 is 0 Å². The van der Waals surface area contributed by atoms with Gasteiger partial charge in [-0.15, -0.1) is 64.3 Å². The van der Waals surface area contributed by atoms with E-state index in [0.29, 0.717) is 17.1 Å². The number of furan rings is 1. The molecule has 0 amide bonds. The first-order chi connectivity index (χ1) is 23.5. The predicted octanol–water partition coefficient (Wildman–Crippen LogP) is 8.59. The molecule has 46 heavy (non-hydrogen) atoms. The zero-order valence-corrected chi connectivity index (χ0v) is 26.4. The average Bonchev–Trinajstić information content (AvgIpc) is 3.72. The zero-order valence-electron chi connectivity index (χ0n) is 27.0. The van der Waals surface area contributed by atoms with Gasteiger partial charge in [-0.25, -0.2) is 4.98 Å². The molecule has 9 aromatic rings. The molecule has 0 saturated heterocycles. The van der Waals surface area contributed by atoms with Crippen molar-refractivity contribution in [1.82, 2.24) is 29.7 Å². The first-order valence-electron chi connectivity index (χ1n) is 15.8. The van der Waals surface area contributed by atoms with E-state index in [1.807, 2.05) is 77.4 Å². The third kappa shape index (κ3) is 5.24. The summed E-state index contributed by atoms with van der Waals surface area (Å²) < 4.78 is 30.1. The number of aromatic nitrogens is 6. The molecule has 0 spiro atoms. The van der Waals surface area contributed by atoms with Crippen molar-refractivity contribution in [3.8, 4) is 28.3 Å². The van der Waals surface area contributed by atoms with Crippen LogP contribution in [0.1, 0.15) is 9.68 Å². The number of pyridine rings is 1. The molecule has 0 N–H and O–H groups in total. The van der Waals surface area contributed by atoms with Crippen molar-refractivity contribution in [3.05, 3.63) is 145 Å². The van der Waals surface area contributed by atoms with Crippen molar-refractivity contribution in [2.75, 3.05) is 0 Å². The Balaban J connectivity index is 0.000000189. The second-order valence-corrected chi connectivity index (χ2v) is 10.3. The molecule has 0 atom stereocenters. The van der Waals surface area contributed by atoms with Crippen molar-refractivity contribution in [1.29, 1.82) is 0 Å². The fourth-order valence-electron chi connectivity index (χ4n) is 5.47. The van der Waals surface area contributed by atoms with Gasteiger partial charge in [0.2, 0.25) is 0 Å². The maximum atomic E-state index is 7.23. The SMILES string of the molecule is [2H]C([2H])([2H])c1ccc(-c2[c-]cccc2)nc1.[Ir].[c-]1ccc2c(oc3c4ccccc4ccc23)c1-c1nc2ncnnc2n1-c1ccccc1. The van der Waals surface area contributed by atoms with Gasteiger partial charge in [-0.05, 0) is 35.6 Å². The largest absolute Gasteiger partial charge is 0.500 e. The van der Waals surface area contributed by atoms with Gasteiger partial charge >= 0.3 is 0 Å². The minimum atomic E-state index is -2.09. The minimum absolute atomic E-state index is 0. The van der Waals surface area contributed by atoms with Crippen molar-refractivity contribution < 1.29 is 28.6 Å². The number of para-hydroxylation sites is 1. The molecule has 5 aromatic carbocycles. The first-order valence-corrected chi connectivity index (χ1v) is 14.3. The summed E-state index contributed by atoms with van der Waals surface area (Å²) in [6, 6.07) is 43.5. The van der Waals surface area contributed by atoms with E-state index in [1.54, 1.807) is 18.2 Å². The van der Waals surface area contributed by atoms with E-state index in [2.05, 4.69) is 56.6 Å². The molecule has 0 aliphatic rings. The van der Waals surface area contributed by atoms with Gasteiger partial charge in [-0.3, -0.25) is 4.98 Å². The van der Waals surface area contributed by atoms with Crippen molar-refractivity contribution in [3.63, 3.8) is 0 Å². The summed E-state index contributed by atoms with van der Waals surface area (Å²) in [5.74, 6) is 0.660. The van der Waals surface area contributed by atoms with E-state index in [0.717, 1.165) is 55.2 Å². The van der Waals surface area contributed by atoms with Gasteiger partial charge in [0.15, 0.2) is 11.3 Å². The van der Waals surface area contributed by atoms with Crippen LogP contribution in [0.4, 0.5) is 0 Å². The van der Waals surface area contributed by atoms with Crippen LogP contribution in [-0.4, -0.2) is 29.7 Å². The summed E-state index contributed by atoms with van der Waals surface area (Å²) in [7, 11) is 0. The smallest absolute Gasteiger partial charge is 0.197 e. The predicted molar refractivity (Wildman–Crippen MR) is 177 cm³/mol. The van der Waals surface area contributed by atoms with E-state index in [-0.39, 0.29) is 25.7 Å². The molecule has 7 nitrogen and oxygen atoms in total. The normalized spacial score (nSPS) is 12.2. The molecule has 9 rings (SSSR count). The maximum Gasteiger partial charge on any atom is 0.197 e. The molecule has 0 aliphatic heterocycles. The fraction of sp³-hybridized carbons (Fsp3) is 0.0263. The number of hydrogen-bond donors (Lipinski definition) is 0. The van der Waals surface area contributed by atoms with E-state index in [1.165, 1.54) is 12.5 Å². The molecule has 0 fully saturated rings. The molecule has 0 saturated carbocycles. The molecule has 4 aromatic heterocycles.